The van der Waals surface area contributed by atoms with E-state index in [2.05, 4.69) is 26.0 Å². The maximum atomic E-state index is 12.2. The third kappa shape index (κ3) is 4.54. The summed E-state index contributed by atoms with van der Waals surface area (Å²) >= 11 is 3.23. The molecule has 2 aromatic carbocycles. The largest absolute Gasteiger partial charge is 0.506 e. The lowest BCUT2D eigenvalue weighted by Crippen LogP contribution is -2.41. The number of hydrogen-bond acceptors (Lipinski definition) is 4. The normalized spacial score (nSPS) is 12.6. The Labute approximate surface area is 142 Å². The molecule has 0 bridgehead atoms. The number of benzene rings is 2. The van der Waals surface area contributed by atoms with Crippen LogP contribution in [0.2, 0.25) is 0 Å². The van der Waals surface area contributed by atoms with Gasteiger partial charge in [0.2, 0.25) is 15.9 Å². The van der Waals surface area contributed by atoms with Gasteiger partial charge in [0.25, 0.3) is 0 Å². The number of rotatable bonds is 5. The Morgan fingerprint density at radius 2 is 1.74 bits per heavy atom. The number of anilines is 1. The highest BCUT2D eigenvalue weighted by Gasteiger charge is 2.22. The van der Waals surface area contributed by atoms with E-state index in [1.165, 1.54) is 31.2 Å². The summed E-state index contributed by atoms with van der Waals surface area (Å²) in [6.07, 6.45) is 0. The fourth-order valence-electron chi connectivity index (χ4n) is 1.79. The fourth-order valence-corrected chi connectivity index (χ4v) is 3.26. The molecule has 0 saturated carbocycles. The first kappa shape index (κ1) is 17.5. The third-order valence-electron chi connectivity index (χ3n) is 3.01. The number of sulfonamides is 1. The van der Waals surface area contributed by atoms with Crippen LogP contribution in [0.15, 0.2) is 57.9 Å². The van der Waals surface area contributed by atoms with E-state index in [9.17, 15) is 18.3 Å². The van der Waals surface area contributed by atoms with Gasteiger partial charge in [-0.3, -0.25) is 4.79 Å². The first-order chi connectivity index (χ1) is 10.8. The first-order valence-electron chi connectivity index (χ1n) is 6.66. The minimum Gasteiger partial charge on any atom is -0.506 e. The number of aromatic hydroxyl groups is 1. The monoisotopic (exact) mass is 398 g/mol. The van der Waals surface area contributed by atoms with E-state index >= 15 is 0 Å². The third-order valence-corrected chi connectivity index (χ3v) is 5.10. The maximum absolute atomic E-state index is 12.2. The molecule has 0 aliphatic rings. The van der Waals surface area contributed by atoms with E-state index in [-0.39, 0.29) is 16.3 Å². The number of para-hydroxylation sites is 2. The molecule has 0 aliphatic carbocycles. The number of phenolic OH excluding ortho intramolecular Hbond substituents is 1. The molecule has 0 aromatic heterocycles. The lowest BCUT2D eigenvalue weighted by atomic mass is 10.2. The van der Waals surface area contributed by atoms with E-state index in [4.69, 9.17) is 0 Å². The van der Waals surface area contributed by atoms with Gasteiger partial charge in [-0.05, 0) is 43.3 Å². The number of carbonyl (C=O) groups is 1. The van der Waals surface area contributed by atoms with Crippen LogP contribution < -0.4 is 10.0 Å². The molecule has 8 heteroatoms. The lowest BCUT2D eigenvalue weighted by molar-refractivity contribution is -0.117. The Balaban J connectivity index is 2.08. The Morgan fingerprint density at radius 3 is 2.35 bits per heavy atom. The van der Waals surface area contributed by atoms with Crippen molar-refractivity contribution < 1.29 is 18.3 Å². The number of nitrogens with one attached hydrogen (secondary N) is 2. The molecule has 6 nitrogen and oxygen atoms in total. The predicted molar refractivity (Wildman–Crippen MR) is 90.7 cm³/mol. The van der Waals surface area contributed by atoms with E-state index in [1.807, 2.05) is 0 Å². The van der Waals surface area contributed by atoms with Crippen molar-refractivity contribution in [2.24, 2.45) is 0 Å². The van der Waals surface area contributed by atoms with Gasteiger partial charge in [-0.25, -0.2) is 8.42 Å². The number of amides is 1. The fraction of sp³-hybridized carbons (Fsp3) is 0.133. The van der Waals surface area contributed by atoms with Gasteiger partial charge in [-0.2, -0.15) is 4.72 Å². The van der Waals surface area contributed by atoms with E-state index in [1.54, 1.807) is 24.3 Å². The summed E-state index contributed by atoms with van der Waals surface area (Å²) in [6, 6.07) is 11.2. The predicted octanol–water partition coefficient (Wildman–Crippen LogP) is 2.46. The molecular formula is C15H15BrN2O4S. The van der Waals surface area contributed by atoms with E-state index < -0.39 is 22.0 Å². The van der Waals surface area contributed by atoms with Crippen molar-refractivity contribution in [1.29, 1.82) is 0 Å². The second-order valence-corrected chi connectivity index (χ2v) is 7.43. The molecule has 0 aliphatic heterocycles. The molecule has 23 heavy (non-hydrogen) atoms. The average Bonchev–Trinajstić information content (AvgIpc) is 2.49. The molecule has 1 atom stereocenters. The van der Waals surface area contributed by atoms with Crippen LogP contribution in [0.1, 0.15) is 6.92 Å². The molecule has 0 fully saturated rings. The molecule has 0 heterocycles. The lowest BCUT2D eigenvalue weighted by Gasteiger charge is -2.15. The summed E-state index contributed by atoms with van der Waals surface area (Å²) in [5.74, 6) is -0.670. The molecule has 0 saturated heterocycles. The SMILES string of the molecule is CC(NS(=O)(=O)c1ccc(Br)cc1)C(=O)Nc1ccccc1O. The van der Waals surface area contributed by atoms with Gasteiger partial charge in [0.1, 0.15) is 5.75 Å². The highest BCUT2D eigenvalue weighted by atomic mass is 79.9. The summed E-state index contributed by atoms with van der Waals surface area (Å²) in [5.41, 5.74) is 0.215. The summed E-state index contributed by atoms with van der Waals surface area (Å²) in [5, 5.41) is 12.1. The number of phenols is 1. The van der Waals surface area contributed by atoms with Crippen LogP contribution in [0.3, 0.4) is 0 Å². The summed E-state index contributed by atoms with van der Waals surface area (Å²) < 4.78 is 27.5. The molecule has 3 N–H and O–H groups in total. The van der Waals surface area contributed by atoms with Crippen molar-refractivity contribution in [1.82, 2.24) is 4.72 Å². The van der Waals surface area contributed by atoms with Crippen LogP contribution >= 0.6 is 15.9 Å². The van der Waals surface area contributed by atoms with Gasteiger partial charge in [0.15, 0.2) is 0 Å². The minimum absolute atomic E-state index is 0.0582. The molecule has 0 spiro atoms. The van der Waals surface area contributed by atoms with E-state index in [0.717, 1.165) is 4.47 Å². The van der Waals surface area contributed by atoms with Crippen molar-refractivity contribution in [3.63, 3.8) is 0 Å². The standard InChI is InChI=1S/C15H15BrN2O4S/c1-10(15(20)17-13-4-2-3-5-14(13)19)18-23(21,22)12-8-6-11(16)7-9-12/h2-10,18-19H,1H3,(H,17,20). The van der Waals surface area contributed by atoms with Crippen LogP contribution in [0, 0.1) is 0 Å². The average molecular weight is 399 g/mol. The van der Waals surface area contributed by atoms with Crippen molar-refractivity contribution in [3.05, 3.63) is 53.0 Å². The minimum atomic E-state index is -3.82. The Hall–Kier alpha value is -1.90. The van der Waals surface area contributed by atoms with Gasteiger partial charge in [-0.15, -0.1) is 0 Å². The summed E-state index contributed by atoms with van der Waals surface area (Å²) in [7, 11) is -3.82. The zero-order valence-electron chi connectivity index (χ0n) is 12.2. The highest BCUT2D eigenvalue weighted by Crippen LogP contribution is 2.21. The molecule has 1 unspecified atom stereocenters. The summed E-state index contributed by atoms with van der Waals surface area (Å²) in [6.45, 7) is 1.42. The van der Waals surface area contributed by atoms with Gasteiger partial charge in [0, 0.05) is 4.47 Å². The van der Waals surface area contributed by atoms with Crippen molar-refractivity contribution in [2.75, 3.05) is 5.32 Å². The second kappa shape index (κ2) is 7.12. The number of halogens is 1. The molecule has 2 aromatic rings. The first-order valence-corrected chi connectivity index (χ1v) is 8.94. The van der Waals surface area contributed by atoms with Crippen LogP contribution in [-0.4, -0.2) is 25.5 Å². The van der Waals surface area contributed by atoms with Crippen molar-refractivity contribution >= 4 is 37.5 Å². The number of carbonyl (C=O) groups excluding carboxylic acids is 1. The van der Waals surface area contributed by atoms with Crippen molar-refractivity contribution in [3.8, 4) is 5.75 Å². The number of hydrogen-bond donors (Lipinski definition) is 3. The molecule has 2 rings (SSSR count). The molecule has 1 amide bonds. The van der Waals surface area contributed by atoms with Gasteiger partial charge >= 0.3 is 0 Å². The van der Waals surface area contributed by atoms with Crippen LogP contribution in [0.5, 0.6) is 5.75 Å². The van der Waals surface area contributed by atoms with E-state index in [0.29, 0.717) is 0 Å². The van der Waals surface area contributed by atoms with Gasteiger partial charge in [0.05, 0.1) is 16.6 Å². The second-order valence-electron chi connectivity index (χ2n) is 4.80. The van der Waals surface area contributed by atoms with Crippen LogP contribution in [0.25, 0.3) is 0 Å². The van der Waals surface area contributed by atoms with Gasteiger partial charge in [-0.1, -0.05) is 28.1 Å². The molecule has 122 valence electrons. The van der Waals surface area contributed by atoms with Crippen molar-refractivity contribution in [2.45, 2.75) is 17.9 Å². The molecule has 0 radical (unpaired) electrons. The van der Waals surface area contributed by atoms with Crippen LogP contribution in [0.4, 0.5) is 5.69 Å². The maximum Gasteiger partial charge on any atom is 0.242 e. The Bertz CT molecular complexity index is 806. The zero-order valence-corrected chi connectivity index (χ0v) is 14.6. The van der Waals surface area contributed by atoms with Crippen LogP contribution in [-0.2, 0) is 14.8 Å². The molecular weight excluding hydrogens is 384 g/mol. The quantitative estimate of drug-likeness (QED) is 0.674. The Morgan fingerprint density at radius 1 is 1.13 bits per heavy atom. The Kier molecular flexibility index (Phi) is 5.40. The smallest absolute Gasteiger partial charge is 0.242 e. The topological polar surface area (TPSA) is 95.5 Å². The summed E-state index contributed by atoms with van der Waals surface area (Å²) in [4.78, 5) is 12.1. The van der Waals surface area contributed by atoms with Gasteiger partial charge < -0.3 is 10.4 Å². The highest BCUT2D eigenvalue weighted by molar-refractivity contribution is 9.10. The zero-order chi connectivity index (χ0) is 17.0.